The first-order valence-electron chi connectivity index (χ1n) is 9.27. The van der Waals surface area contributed by atoms with E-state index in [2.05, 4.69) is 15.2 Å². The average molecular weight is 368 g/mol. The van der Waals surface area contributed by atoms with E-state index in [0.29, 0.717) is 19.3 Å². The number of rotatable bonds is 7. The van der Waals surface area contributed by atoms with Crippen molar-refractivity contribution in [1.82, 2.24) is 19.7 Å². The van der Waals surface area contributed by atoms with Gasteiger partial charge >= 0.3 is 0 Å². The Kier molecular flexibility index (Phi) is 5.33. The number of hydrogen-bond acceptors (Lipinski definition) is 4. The number of benzene rings is 2. The zero-order valence-corrected chi connectivity index (χ0v) is 15.4. The normalized spacial score (nSPS) is 10.7. The summed E-state index contributed by atoms with van der Waals surface area (Å²) in [6.45, 7) is 0. The van der Waals surface area contributed by atoms with Crippen LogP contribution in [0.2, 0.25) is 0 Å². The molecule has 138 valence electrons. The molecule has 0 N–H and O–H groups in total. The summed E-state index contributed by atoms with van der Waals surface area (Å²) in [6, 6.07) is 23.6. The molecule has 4 aromatic rings. The minimum Gasteiger partial charge on any atom is -0.299 e. The van der Waals surface area contributed by atoms with Crippen LogP contribution in [0.25, 0.3) is 17.1 Å². The molecule has 0 radical (unpaired) electrons. The largest absolute Gasteiger partial charge is 0.299 e. The van der Waals surface area contributed by atoms with Crippen molar-refractivity contribution in [3.8, 4) is 17.1 Å². The highest BCUT2D eigenvalue weighted by atomic mass is 16.1. The predicted octanol–water partition coefficient (Wildman–Crippen LogP) is 4.07. The van der Waals surface area contributed by atoms with Gasteiger partial charge in [-0.25, -0.2) is 0 Å². The van der Waals surface area contributed by atoms with Gasteiger partial charge in [0.2, 0.25) is 0 Å². The molecule has 2 aromatic heterocycles. The third-order valence-corrected chi connectivity index (χ3v) is 4.54. The highest BCUT2D eigenvalue weighted by Gasteiger charge is 2.16. The highest BCUT2D eigenvalue weighted by Crippen LogP contribution is 2.23. The Balaban J connectivity index is 1.59. The molecule has 5 nitrogen and oxygen atoms in total. The molecular weight excluding hydrogens is 348 g/mol. The number of aromatic nitrogens is 4. The van der Waals surface area contributed by atoms with Crippen LogP contribution in [0.4, 0.5) is 0 Å². The fraction of sp³-hybridized carbons (Fsp3) is 0.130. The van der Waals surface area contributed by atoms with Crippen molar-refractivity contribution in [2.24, 2.45) is 0 Å². The van der Waals surface area contributed by atoms with E-state index in [1.165, 1.54) is 0 Å². The van der Waals surface area contributed by atoms with Crippen LogP contribution in [-0.2, 0) is 17.6 Å². The molecule has 0 saturated heterocycles. The second-order valence-corrected chi connectivity index (χ2v) is 6.55. The SMILES string of the molecule is O=C(CCc1nnc(-c2cccnc2)n1-c1ccccc1)Cc1ccccc1. The lowest BCUT2D eigenvalue weighted by Gasteiger charge is -2.10. The van der Waals surface area contributed by atoms with Crippen LogP contribution in [0, 0.1) is 0 Å². The first kappa shape index (κ1) is 17.8. The summed E-state index contributed by atoms with van der Waals surface area (Å²) < 4.78 is 2.01. The maximum Gasteiger partial charge on any atom is 0.170 e. The zero-order chi connectivity index (χ0) is 19.2. The zero-order valence-electron chi connectivity index (χ0n) is 15.4. The Bertz CT molecular complexity index is 1040. The number of Topliss-reactive ketones (excluding diaryl/α,β-unsaturated/α-hetero) is 1. The van der Waals surface area contributed by atoms with E-state index >= 15 is 0 Å². The van der Waals surface area contributed by atoms with Crippen molar-refractivity contribution in [3.05, 3.63) is 96.6 Å². The minimum atomic E-state index is 0.191. The van der Waals surface area contributed by atoms with Crippen molar-refractivity contribution in [1.29, 1.82) is 0 Å². The fourth-order valence-corrected chi connectivity index (χ4v) is 3.17. The Morgan fingerprint density at radius 1 is 0.857 bits per heavy atom. The number of carbonyl (C=O) groups is 1. The number of para-hydroxylation sites is 1. The Hall–Kier alpha value is -3.60. The molecular formula is C23H20N4O. The summed E-state index contributed by atoms with van der Waals surface area (Å²) in [4.78, 5) is 16.6. The van der Waals surface area contributed by atoms with E-state index in [1.807, 2.05) is 77.4 Å². The van der Waals surface area contributed by atoms with Gasteiger partial charge in [-0.2, -0.15) is 0 Å². The van der Waals surface area contributed by atoms with Gasteiger partial charge in [0.15, 0.2) is 5.82 Å². The van der Waals surface area contributed by atoms with Gasteiger partial charge in [0.25, 0.3) is 0 Å². The van der Waals surface area contributed by atoms with Crippen LogP contribution >= 0.6 is 0 Å². The van der Waals surface area contributed by atoms with Crippen LogP contribution in [-0.4, -0.2) is 25.5 Å². The number of pyridine rings is 1. The van der Waals surface area contributed by atoms with E-state index in [1.54, 1.807) is 12.4 Å². The fourth-order valence-electron chi connectivity index (χ4n) is 3.17. The number of hydrogen-bond donors (Lipinski definition) is 0. The maximum absolute atomic E-state index is 12.4. The summed E-state index contributed by atoms with van der Waals surface area (Å²) >= 11 is 0. The number of aryl methyl sites for hydroxylation is 1. The first-order valence-corrected chi connectivity index (χ1v) is 9.27. The topological polar surface area (TPSA) is 60.7 Å². The Labute approximate surface area is 163 Å². The average Bonchev–Trinajstić information content (AvgIpc) is 3.18. The molecule has 0 spiro atoms. The van der Waals surface area contributed by atoms with Gasteiger partial charge in [0, 0.05) is 42.9 Å². The van der Waals surface area contributed by atoms with Crippen molar-refractivity contribution in [2.45, 2.75) is 19.3 Å². The lowest BCUT2D eigenvalue weighted by molar-refractivity contribution is -0.118. The molecule has 2 aromatic carbocycles. The van der Waals surface area contributed by atoms with Gasteiger partial charge in [-0.3, -0.25) is 14.3 Å². The Morgan fingerprint density at radius 3 is 2.32 bits per heavy atom. The van der Waals surface area contributed by atoms with E-state index in [0.717, 1.165) is 28.5 Å². The molecule has 28 heavy (non-hydrogen) atoms. The molecule has 5 heteroatoms. The summed E-state index contributed by atoms with van der Waals surface area (Å²) in [5.74, 6) is 1.69. The van der Waals surface area contributed by atoms with Gasteiger partial charge in [-0.15, -0.1) is 10.2 Å². The molecule has 4 rings (SSSR count). The molecule has 0 fully saturated rings. The summed E-state index contributed by atoms with van der Waals surface area (Å²) in [5, 5.41) is 8.77. The van der Waals surface area contributed by atoms with Gasteiger partial charge < -0.3 is 0 Å². The smallest absolute Gasteiger partial charge is 0.170 e. The first-order chi connectivity index (χ1) is 13.8. The number of carbonyl (C=O) groups excluding carboxylic acids is 1. The quantitative estimate of drug-likeness (QED) is 0.493. The van der Waals surface area contributed by atoms with Crippen LogP contribution in [0.1, 0.15) is 17.8 Å². The molecule has 0 aliphatic heterocycles. The van der Waals surface area contributed by atoms with Gasteiger partial charge in [-0.05, 0) is 29.8 Å². The van der Waals surface area contributed by atoms with Crippen molar-refractivity contribution in [3.63, 3.8) is 0 Å². The molecule has 0 saturated carbocycles. The monoisotopic (exact) mass is 368 g/mol. The number of ketones is 1. The van der Waals surface area contributed by atoms with Gasteiger partial charge in [0.1, 0.15) is 11.6 Å². The summed E-state index contributed by atoms with van der Waals surface area (Å²) in [7, 11) is 0. The summed E-state index contributed by atoms with van der Waals surface area (Å²) in [6.07, 6.45) is 4.90. The van der Waals surface area contributed by atoms with Crippen molar-refractivity contribution >= 4 is 5.78 Å². The van der Waals surface area contributed by atoms with Crippen LogP contribution in [0.3, 0.4) is 0 Å². The van der Waals surface area contributed by atoms with Crippen molar-refractivity contribution in [2.75, 3.05) is 0 Å². The maximum atomic E-state index is 12.4. The van der Waals surface area contributed by atoms with Crippen LogP contribution in [0.15, 0.2) is 85.2 Å². The number of nitrogens with zero attached hydrogens (tertiary/aromatic N) is 4. The van der Waals surface area contributed by atoms with E-state index in [4.69, 9.17) is 0 Å². The lowest BCUT2D eigenvalue weighted by atomic mass is 10.1. The standard InChI is InChI=1S/C23H20N4O/c28-21(16-18-8-3-1-4-9-18)13-14-22-25-26-23(19-10-7-15-24-17-19)27(22)20-11-5-2-6-12-20/h1-12,15,17H,13-14,16H2. The molecule has 0 amide bonds. The molecule has 2 heterocycles. The van der Waals surface area contributed by atoms with E-state index in [-0.39, 0.29) is 5.78 Å². The van der Waals surface area contributed by atoms with Gasteiger partial charge in [0.05, 0.1) is 0 Å². The van der Waals surface area contributed by atoms with E-state index < -0.39 is 0 Å². The predicted molar refractivity (Wildman–Crippen MR) is 108 cm³/mol. The second-order valence-electron chi connectivity index (χ2n) is 6.55. The Morgan fingerprint density at radius 2 is 1.61 bits per heavy atom. The lowest BCUT2D eigenvalue weighted by Crippen LogP contribution is -2.08. The third-order valence-electron chi connectivity index (χ3n) is 4.54. The molecule has 0 aliphatic rings. The molecule has 0 atom stereocenters. The molecule has 0 aliphatic carbocycles. The highest BCUT2D eigenvalue weighted by molar-refractivity contribution is 5.81. The second kappa shape index (κ2) is 8.39. The van der Waals surface area contributed by atoms with Gasteiger partial charge in [-0.1, -0.05) is 48.5 Å². The van der Waals surface area contributed by atoms with Crippen molar-refractivity contribution < 1.29 is 4.79 Å². The molecule has 0 bridgehead atoms. The minimum absolute atomic E-state index is 0.191. The van der Waals surface area contributed by atoms with Crippen LogP contribution in [0.5, 0.6) is 0 Å². The summed E-state index contributed by atoms with van der Waals surface area (Å²) in [5.41, 5.74) is 2.89. The van der Waals surface area contributed by atoms with Crippen LogP contribution < -0.4 is 0 Å². The van der Waals surface area contributed by atoms with E-state index in [9.17, 15) is 4.79 Å². The molecule has 0 unspecified atom stereocenters. The third kappa shape index (κ3) is 4.04.